The lowest BCUT2D eigenvalue weighted by Gasteiger charge is -2.54. The van der Waals surface area contributed by atoms with E-state index in [1.807, 2.05) is 0 Å². The lowest BCUT2D eigenvalue weighted by Crippen LogP contribution is -2.64. The van der Waals surface area contributed by atoms with Crippen LogP contribution in [0.2, 0.25) is 0 Å². The Bertz CT molecular complexity index is 289. The Morgan fingerprint density at radius 3 is 2.50 bits per heavy atom. The first kappa shape index (κ1) is 14.3. The number of rotatable bonds is 2. The average Bonchev–Trinajstić information content (AvgIpc) is 2.31. The predicted octanol–water partition coefficient (Wildman–Crippen LogP) is 1.92. The van der Waals surface area contributed by atoms with Gasteiger partial charge in [0, 0.05) is 37.8 Å². The van der Waals surface area contributed by atoms with Crippen molar-refractivity contribution in [3.63, 3.8) is 0 Å². The largest absolute Gasteiger partial charge is 0.329 e. The topological polar surface area (TPSA) is 32.5 Å². The molecule has 18 heavy (non-hydrogen) atoms. The zero-order chi connectivity index (χ0) is 13.4. The maximum atomic E-state index is 6.22. The Morgan fingerprint density at radius 1 is 1.22 bits per heavy atom. The van der Waals surface area contributed by atoms with E-state index in [2.05, 4.69) is 37.6 Å². The van der Waals surface area contributed by atoms with Crippen LogP contribution in [-0.2, 0) is 0 Å². The molecule has 0 bridgehead atoms. The zero-order valence-corrected chi connectivity index (χ0v) is 12.7. The maximum absolute atomic E-state index is 6.22. The van der Waals surface area contributed by atoms with Gasteiger partial charge < -0.3 is 10.6 Å². The summed E-state index contributed by atoms with van der Waals surface area (Å²) in [6, 6.07) is 0.659. The molecule has 2 N–H and O–H groups in total. The maximum Gasteiger partial charge on any atom is 0.0338 e. The fourth-order valence-corrected chi connectivity index (χ4v) is 4.02. The Kier molecular flexibility index (Phi) is 4.05. The minimum Gasteiger partial charge on any atom is -0.329 e. The van der Waals surface area contributed by atoms with Crippen LogP contribution in [0.3, 0.4) is 0 Å². The van der Waals surface area contributed by atoms with Crippen LogP contribution in [0.25, 0.3) is 0 Å². The molecule has 0 aromatic heterocycles. The third-order valence-electron chi connectivity index (χ3n) is 5.31. The highest BCUT2D eigenvalue weighted by molar-refractivity contribution is 5.01. The third kappa shape index (κ3) is 2.73. The summed E-state index contributed by atoms with van der Waals surface area (Å²) in [4.78, 5) is 5.17. The van der Waals surface area contributed by atoms with Crippen molar-refractivity contribution in [1.29, 1.82) is 0 Å². The van der Waals surface area contributed by atoms with Gasteiger partial charge in [-0.25, -0.2) is 0 Å². The molecule has 2 unspecified atom stereocenters. The van der Waals surface area contributed by atoms with Crippen molar-refractivity contribution in [2.75, 3.05) is 33.2 Å². The van der Waals surface area contributed by atoms with Crippen LogP contribution in [0.4, 0.5) is 0 Å². The summed E-state index contributed by atoms with van der Waals surface area (Å²) in [5, 5.41) is 0. The fourth-order valence-electron chi connectivity index (χ4n) is 4.02. The molecule has 0 aromatic rings. The van der Waals surface area contributed by atoms with Crippen LogP contribution < -0.4 is 5.73 Å². The molecule has 1 aliphatic carbocycles. The van der Waals surface area contributed by atoms with Crippen LogP contribution in [0.1, 0.15) is 46.5 Å². The molecule has 2 fully saturated rings. The zero-order valence-electron chi connectivity index (χ0n) is 12.7. The molecule has 1 heterocycles. The lowest BCUT2D eigenvalue weighted by molar-refractivity contribution is -0.0303. The van der Waals surface area contributed by atoms with Crippen LogP contribution in [0.5, 0.6) is 0 Å². The normalized spacial score (nSPS) is 38.8. The van der Waals surface area contributed by atoms with E-state index in [0.717, 1.165) is 6.54 Å². The smallest absolute Gasteiger partial charge is 0.0338 e. The van der Waals surface area contributed by atoms with E-state index in [4.69, 9.17) is 5.73 Å². The summed E-state index contributed by atoms with van der Waals surface area (Å²) in [5.41, 5.74) is 6.95. The van der Waals surface area contributed by atoms with Gasteiger partial charge >= 0.3 is 0 Å². The predicted molar refractivity (Wildman–Crippen MR) is 77.7 cm³/mol. The minimum absolute atomic E-state index is 0.275. The number of nitrogens with zero attached hydrogens (tertiary/aromatic N) is 2. The van der Waals surface area contributed by atoms with Gasteiger partial charge in [0.05, 0.1) is 0 Å². The molecule has 0 amide bonds. The summed E-state index contributed by atoms with van der Waals surface area (Å²) < 4.78 is 0. The van der Waals surface area contributed by atoms with Crippen LogP contribution in [-0.4, -0.2) is 54.6 Å². The molecule has 0 aromatic carbocycles. The summed E-state index contributed by atoms with van der Waals surface area (Å²) in [6.45, 7) is 11.5. The second-order valence-corrected chi connectivity index (χ2v) is 7.40. The molecule has 2 rings (SSSR count). The average molecular weight is 253 g/mol. The van der Waals surface area contributed by atoms with Crippen LogP contribution >= 0.6 is 0 Å². The van der Waals surface area contributed by atoms with Gasteiger partial charge in [0.2, 0.25) is 0 Å². The molecular weight excluding hydrogens is 222 g/mol. The van der Waals surface area contributed by atoms with Crippen molar-refractivity contribution >= 4 is 0 Å². The number of piperazine rings is 1. The molecule has 0 radical (unpaired) electrons. The number of hydrogen-bond donors (Lipinski definition) is 1. The number of likely N-dealkylation sites (N-methyl/N-ethyl adjacent to an activating group) is 1. The van der Waals surface area contributed by atoms with Crippen LogP contribution in [0.15, 0.2) is 0 Å². The SMILES string of the molecule is CC1CN(C2(CN)CCCC(C)(C)C2)CCN1C. The fraction of sp³-hybridized carbons (Fsp3) is 1.00. The highest BCUT2D eigenvalue weighted by Gasteiger charge is 2.44. The molecular formula is C15H31N3. The van der Waals surface area contributed by atoms with Gasteiger partial charge in [0.15, 0.2) is 0 Å². The van der Waals surface area contributed by atoms with Gasteiger partial charge in [-0.1, -0.05) is 20.3 Å². The first-order chi connectivity index (χ1) is 8.38. The molecule has 3 nitrogen and oxygen atoms in total. The summed E-state index contributed by atoms with van der Waals surface area (Å²) in [7, 11) is 2.24. The molecule has 2 aliphatic rings. The quantitative estimate of drug-likeness (QED) is 0.816. The van der Waals surface area contributed by atoms with Crippen molar-refractivity contribution in [2.24, 2.45) is 11.1 Å². The molecule has 1 saturated carbocycles. The Morgan fingerprint density at radius 2 is 1.94 bits per heavy atom. The second-order valence-electron chi connectivity index (χ2n) is 7.40. The minimum atomic E-state index is 0.275. The molecule has 3 heteroatoms. The standard InChI is InChI=1S/C15H31N3/c1-13-10-18(9-8-17(13)4)15(12-16)7-5-6-14(2,3)11-15/h13H,5-12,16H2,1-4H3. The van der Waals surface area contributed by atoms with E-state index in [1.54, 1.807) is 0 Å². The highest BCUT2D eigenvalue weighted by atomic mass is 15.3. The Hall–Kier alpha value is -0.120. The summed E-state index contributed by atoms with van der Waals surface area (Å²) in [5.74, 6) is 0. The van der Waals surface area contributed by atoms with E-state index in [9.17, 15) is 0 Å². The van der Waals surface area contributed by atoms with Gasteiger partial charge in [-0.3, -0.25) is 4.90 Å². The first-order valence-corrected chi connectivity index (χ1v) is 7.54. The van der Waals surface area contributed by atoms with Crippen molar-refractivity contribution in [1.82, 2.24) is 9.80 Å². The monoisotopic (exact) mass is 253 g/mol. The molecule has 1 saturated heterocycles. The van der Waals surface area contributed by atoms with E-state index < -0.39 is 0 Å². The summed E-state index contributed by atoms with van der Waals surface area (Å²) >= 11 is 0. The lowest BCUT2D eigenvalue weighted by atomic mass is 9.67. The van der Waals surface area contributed by atoms with E-state index in [0.29, 0.717) is 11.5 Å². The van der Waals surface area contributed by atoms with Gasteiger partial charge in [0.1, 0.15) is 0 Å². The second kappa shape index (κ2) is 5.10. The first-order valence-electron chi connectivity index (χ1n) is 7.54. The van der Waals surface area contributed by atoms with Gasteiger partial charge in [-0.2, -0.15) is 0 Å². The molecule has 106 valence electrons. The van der Waals surface area contributed by atoms with E-state index in [-0.39, 0.29) is 5.54 Å². The van der Waals surface area contributed by atoms with Gasteiger partial charge in [-0.15, -0.1) is 0 Å². The summed E-state index contributed by atoms with van der Waals surface area (Å²) in [6.07, 6.45) is 5.26. The molecule has 0 spiro atoms. The van der Waals surface area contributed by atoms with Crippen molar-refractivity contribution < 1.29 is 0 Å². The van der Waals surface area contributed by atoms with E-state index >= 15 is 0 Å². The van der Waals surface area contributed by atoms with Gasteiger partial charge in [-0.05, 0) is 38.6 Å². The highest BCUT2D eigenvalue weighted by Crippen LogP contribution is 2.44. The molecule has 2 atom stereocenters. The molecule has 1 aliphatic heterocycles. The van der Waals surface area contributed by atoms with Crippen molar-refractivity contribution in [3.05, 3.63) is 0 Å². The van der Waals surface area contributed by atoms with Crippen molar-refractivity contribution in [2.45, 2.75) is 58.0 Å². The van der Waals surface area contributed by atoms with Gasteiger partial charge in [0.25, 0.3) is 0 Å². The Labute approximate surface area is 113 Å². The van der Waals surface area contributed by atoms with E-state index in [1.165, 1.54) is 45.3 Å². The third-order valence-corrected chi connectivity index (χ3v) is 5.31. The number of nitrogens with two attached hydrogens (primary N) is 1. The van der Waals surface area contributed by atoms with Crippen molar-refractivity contribution in [3.8, 4) is 0 Å². The number of hydrogen-bond acceptors (Lipinski definition) is 3. The van der Waals surface area contributed by atoms with Crippen LogP contribution in [0, 0.1) is 5.41 Å². The Balaban J connectivity index is 2.12.